The quantitative estimate of drug-likeness (QED) is 0.654. The van der Waals surface area contributed by atoms with Crippen molar-refractivity contribution in [2.75, 3.05) is 0 Å². The molecule has 0 saturated heterocycles. The van der Waals surface area contributed by atoms with Gasteiger partial charge in [-0.1, -0.05) is 24.6 Å². The van der Waals surface area contributed by atoms with Crippen molar-refractivity contribution in [3.05, 3.63) is 34.9 Å². The molecule has 0 aliphatic heterocycles. The van der Waals surface area contributed by atoms with Crippen LogP contribution in [0.5, 0.6) is 0 Å². The molecule has 0 bridgehead atoms. The molecule has 0 amide bonds. The zero-order chi connectivity index (χ0) is 10.3. The Morgan fingerprint density at radius 1 is 1.07 bits per heavy atom. The van der Waals surface area contributed by atoms with E-state index in [4.69, 9.17) is 11.6 Å². The third-order valence-electron chi connectivity index (χ3n) is 4.00. The molecule has 0 heterocycles. The fraction of sp³-hybridized carbons (Fsp3) is 0.571. The molecule has 2 aliphatic carbocycles. The molecule has 1 atom stereocenters. The maximum Gasteiger partial charge on any atom is 0.0613 e. The summed E-state index contributed by atoms with van der Waals surface area (Å²) in [4.78, 5) is 0. The summed E-state index contributed by atoms with van der Waals surface area (Å²) in [6.07, 6.45) is 7.88. The second-order valence-electron chi connectivity index (χ2n) is 4.97. The van der Waals surface area contributed by atoms with E-state index in [0.717, 1.165) is 5.92 Å². The minimum absolute atomic E-state index is 0.268. The van der Waals surface area contributed by atoms with Crippen LogP contribution in [-0.2, 0) is 12.8 Å². The van der Waals surface area contributed by atoms with Gasteiger partial charge in [0.2, 0.25) is 0 Å². The van der Waals surface area contributed by atoms with Crippen LogP contribution in [0.15, 0.2) is 18.2 Å². The molecule has 15 heavy (non-hydrogen) atoms. The molecule has 80 valence electrons. The van der Waals surface area contributed by atoms with Gasteiger partial charge in [0.1, 0.15) is 0 Å². The Bertz CT molecular complexity index is 366. The van der Waals surface area contributed by atoms with Gasteiger partial charge in [-0.25, -0.2) is 0 Å². The Hall–Kier alpha value is -0.490. The highest BCUT2D eigenvalue weighted by atomic mass is 35.5. The Morgan fingerprint density at radius 2 is 1.87 bits per heavy atom. The summed E-state index contributed by atoms with van der Waals surface area (Å²) in [6, 6.07) is 6.91. The molecule has 1 heteroatoms. The Labute approximate surface area is 96.6 Å². The zero-order valence-electron chi connectivity index (χ0n) is 9.01. The molecule has 0 aromatic heterocycles. The summed E-state index contributed by atoms with van der Waals surface area (Å²) in [6.45, 7) is 0. The minimum atomic E-state index is 0.268. The summed E-state index contributed by atoms with van der Waals surface area (Å²) in [5.41, 5.74) is 4.47. The average Bonchev–Trinajstić information content (AvgIpc) is 2.61. The second-order valence-corrected chi connectivity index (χ2v) is 5.44. The standard InChI is InChI=1S/C14H17Cl/c15-14(11-4-2-5-11)13-8-7-10-3-1-6-12(10)9-13/h7-9,11,14H,1-6H2. The molecule has 0 N–H and O–H groups in total. The number of hydrogen-bond acceptors (Lipinski definition) is 0. The van der Waals surface area contributed by atoms with E-state index in [1.165, 1.54) is 44.1 Å². The van der Waals surface area contributed by atoms with Crippen LogP contribution in [-0.4, -0.2) is 0 Å². The van der Waals surface area contributed by atoms with Gasteiger partial charge in [0.05, 0.1) is 5.38 Å². The third kappa shape index (κ3) is 1.69. The molecule has 1 aromatic rings. The first-order valence-corrected chi connectivity index (χ1v) is 6.54. The van der Waals surface area contributed by atoms with Crippen LogP contribution >= 0.6 is 11.6 Å². The summed E-state index contributed by atoms with van der Waals surface area (Å²) in [7, 11) is 0. The van der Waals surface area contributed by atoms with Crippen molar-refractivity contribution in [1.29, 1.82) is 0 Å². The lowest BCUT2D eigenvalue weighted by Crippen LogP contribution is -2.16. The van der Waals surface area contributed by atoms with Crippen molar-refractivity contribution in [2.24, 2.45) is 5.92 Å². The first-order chi connectivity index (χ1) is 7.34. The number of alkyl halides is 1. The van der Waals surface area contributed by atoms with Gasteiger partial charge in [-0.15, -0.1) is 11.6 Å². The highest BCUT2D eigenvalue weighted by Crippen LogP contribution is 2.42. The van der Waals surface area contributed by atoms with Gasteiger partial charge in [-0.3, -0.25) is 0 Å². The maximum absolute atomic E-state index is 6.51. The van der Waals surface area contributed by atoms with E-state index in [1.54, 1.807) is 11.1 Å². The topological polar surface area (TPSA) is 0 Å². The summed E-state index contributed by atoms with van der Waals surface area (Å²) in [5.74, 6) is 0.742. The fourth-order valence-electron chi connectivity index (χ4n) is 2.77. The molecular formula is C14H17Cl. The number of benzene rings is 1. The molecule has 1 aromatic carbocycles. The third-order valence-corrected chi connectivity index (χ3v) is 4.61. The number of hydrogen-bond donors (Lipinski definition) is 0. The molecule has 0 nitrogen and oxygen atoms in total. The van der Waals surface area contributed by atoms with E-state index in [1.807, 2.05) is 0 Å². The van der Waals surface area contributed by atoms with Crippen molar-refractivity contribution >= 4 is 11.6 Å². The molecule has 2 aliphatic rings. The predicted molar refractivity (Wildman–Crippen MR) is 64.4 cm³/mol. The van der Waals surface area contributed by atoms with Gasteiger partial charge in [0.25, 0.3) is 0 Å². The summed E-state index contributed by atoms with van der Waals surface area (Å²) < 4.78 is 0. The lowest BCUT2D eigenvalue weighted by molar-refractivity contribution is 0.305. The predicted octanol–water partition coefficient (Wildman–Crippen LogP) is 4.26. The molecule has 0 radical (unpaired) electrons. The van der Waals surface area contributed by atoms with Gasteiger partial charge in [-0.05, 0) is 54.7 Å². The van der Waals surface area contributed by atoms with Crippen molar-refractivity contribution in [3.63, 3.8) is 0 Å². The number of fused-ring (bicyclic) bond motifs is 1. The van der Waals surface area contributed by atoms with Gasteiger partial charge >= 0.3 is 0 Å². The largest absolute Gasteiger partial charge is 0.118 e. The highest BCUT2D eigenvalue weighted by Gasteiger charge is 2.27. The molecular weight excluding hydrogens is 204 g/mol. The van der Waals surface area contributed by atoms with Crippen LogP contribution in [0.25, 0.3) is 0 Å². The van der Waals surface area contributed by atoms with Crippen LogP contribution in [0.1, 0.15) is 47.8 Å². The molecule has 1 fully saturated rings. The smallest absolute Gasteiger partial charge is 0.0613 e. The van der Waals surface area contributed by atoms with Crippen LogP contribution in [0.2, 0.25) is 0 Å². The van der Waals surface area contributed by atoms with Gasteiger partial charge in [-0.2, -0.15) is 0 Å². The number of halogens is 1. The average molecular weight is 221 g/mol. The van der Waals surface area contributed by atoms with E-state index in [-0.39, 0.29) is 5.38 Å². The van der Waals surface area contributed by atoms with E-state index < -0.39 is 0 Å². The Morgan fingerprint density at radius 3 is 2.60 bits per heavy atom. The number of rotatable bonds is 2. The molecule has 0 spiro atoms. The monoisotopic (exact) mass is 220 g/mol. The summed E-state index contributed by atoms with van der Waals surface area (Å²) in [5, 5.41) is 0.268. The normalized spacial score (nSPS) is 22.2. The second kappa shape index (κ2) is 3.83. The molecule has 1 unspecified atom stereocenters. The van der Waals surface area contributed by atoms with E-state index >= 15 is 0 Å². The van der Waals surface area contributed by atoms with Gasteiger partial charge in [0.15, 0.2) is 0 Å². The van der Waals surface area contributed by atoms with Gasteiger partial charge in [0, 0.05) is 0 Å². The SMILES string of the molecule is ClC(c1ccc2c(c1)CCC2)C1CCC1. The van der Waals surface area contributed by atoms with Crippen LogP contribution in [0, 0.1) is 5.92 Å². The highest BCUT2D eigenvalue weighted by molar-refractivity contribution is 6.21. The van der Waals surface area contributed by atoms with E-state index in [0.29, 0.717) is 0 Å². The zero-order valence-corrected chi connectivity index (χ0v) is 9.76. The minimum Gasteiger partial charge on any atom is -0.118 e. The van der Waals surface area contributed by atoms with Gasteiger partial charge < -0.3 is 0 Å². The first kappa shape index (κ1) is 9.72. The van der Waals surface area contributed by atoms with Crippen molar-refractivity contribution < 1.29 is 0 Å². The Kier molecular flexibility index (Phi) is 2.48. The number of aryl methyl sites for hydroxylation is 2. The van der Waals surface area contributed by atoms with Crippen LogP contribution in [0.4, 0.5) is 0 Å². The lowest BCUT2D eigenvalue weighted by Gasteiger charge is -2.30. The van der Waals surface area contributed by atoms with E-state index in [2.05, 4.69) is 18.2 Å². The molecule has 1 saturated carbocycles. The van der Waals surface area contributed by atoms with Crippen molar-refractivity contribution in [1.82, 2.24) is 0 Å². The van der Waals surface area contributed by atoms with E-state index in [9.17, 15) is 0 Å². The maximum atomic E-state index is 6.51. The van der Waals surface area contributed by atoms with Crippen LogP contribution in [0.3, 0.4) is 0 Å². The fourth-order valence-corrected chi connectivity index (χ4v) is 3.16. The summed E-state index contributed by atoms with van der Waals surface area (Å²) >= 11 is 6.51. The van der Waals surface area contributed by atoms with Crippen molar-refractivity contribution in [3.8, 4) is 0 Å². The molecule has 3 rings (SSSR count). The lowest BCUT2D eigenvalue weighted by atomic mass is 9.80. The van der Waals surface area contributed by atoms with Crippen molar-refractivity contribution in [2.45, 2.75) is 43.9 Å². The van der Waals surface area contributed by atoms with Crippen LogP contribution < -0.4 is 0 Å². The Balaban J connectivity index is 1.85. The first-order valence-electron chi connectivity index (χ1n) is 6.10.